The van der Waals surface area contributed by atoms with Gasteiger partial charge in [-0.25, -0.2) is 0 Å². The van der Waals surface area contributed by atoms with Crippen LogP contribution in [0.4, 0.5) is 5.69 Å². The number of hydrogen-bond donors (Lipinski definition) is 1. The number of benzene rings is 3. The van der Waals surface area contributed by atoms with E-state index in [9.17, 15) is 0 Å². The molecule has 1 N–H and O–H groups in total. The Labute approximate surface area is 186 Å². The van der Waals surface area contributed by atoms with E-state index in [2.05, 4.69) is 24.4 Å². The Hall–Kier alpha value is -2.07. The van der Waals surface area contributed by atoms with Crippen LogP contribution in [0.25, 0.3) is 0 Å². The molecule has 152 valence electrons. The zero-order valence-corrected chi connectivity index (χ0v) is 18.5. The molecule has 0 spiro atoms. The third-order valence-electron chi connectivity index (χ3n) is 4.35. The monoisotopic (exact) mass is 449 g/mol. The lowest BCUT2D eigenvalue weighted by Gasteiger charge is -2.16. The molecule has 6 heteroatoms. The number of halogens is 3. The third kappa shape index (κ3) is 5.96. The summed E-state index contributed by atoms with van der Waals surface area (Å²) in [5.41, 5.74) is 4.00. The fourth-order valence-electron chi connectivity index (χ4n) is 2.76. The fraction of sp³-hybridized carbons (Fsp3) is 0.217. The van der Waals surface area contributed by atoms with Crippen molar-refractivity contribution in [3.63, 3.8) is 0 Å². The van der Waals surface area contributed by atoms with Crippen LogP contribution in [-0.4, -0.2) is 6.61 Å². The van der Waals surface area contributed by atoms with Crippen LogP contribution in [0.5, 0.6) is 11.5 Å². The molecule has 0 aliphatic carbocycles. The van der Waals surface area contributed by atoms with E-state index in [4.69, 9.17) is 44.3 Å². The number of anilines is 1. The minimum Gasteiger partial charge on any atom is -0.490 e. The standard InChI is InChI=1S/C23H22Cl3NO2/c1-3-28-22-10-17(13-27-19-8-4-15(2)5-9-19)21(26)12-23(22)29-14-16-6-7-18(24)11-20(16)25/h4-12,27H,3,13-14H2,1-2H3. The molecule has 0 saturated heterocycles. The molecule has 3 nitrogen and oxygen atoms in total. The highest BCUT2D eigenvalue weighted by Gasteiger charge is 2.12. The molecule has 0 radical (unpaired) electrons. The lowest BCUT2D eigenvalue weighted by atomic mass is 10.1. The third-order valence-corrected chi connectivity index (χ3v) is 5.28. The van der Waals surface area contributed by atoms with Crippen molar-refractivity contribution >= 4 is 40.5 Å². The van der Waals surface area contributed by atoms with Crippen molar-refractivity contribution in [2.75, 3.05) is 11.9 Å². The van der Waals surface area contributed by atoms with Gasteiger partial charge in [0.25, 0.3) is 0 Å². The molecule has 0 aromatic heterocycles. The zero-order valence-electron chi connectivity index (χ0n) is 16.3. The van der Waals surface area contributed by atoms with Gasteiger partial charge < -0.3 is 14.8 Å². The van der Waals surface area contributed by atoms with Gasteiger partial charge in [-0.2, -0.15) is 0 Å². The van der Waals surface area contributed by atoms with Gasteiger partial charge in [-0.15, -0.1) is 0 Å². The first-order chi connectivity index (χ1) is 14.0. The molecule has 3 aromatic rings. The number of aryl methyl sites for hydroxylation is 1. The van der Waals surface area contributed by atoms with E-state index in [-0.39, 0.29) is 6.61 Å². The van der Waals surface area contributed by atoms with E-state index in [0.717, 1.165) is 16.8 Å². The van der Waals surface area contributed by atoms with E-state index < -0.39 is 0 Å². The second-order valence-electron chi connectivity index (χ2n) is 6.57. The maximum Gasteiger partial charge on any atom is 0.163 e. The van der Waals surface area contributed by atoms with Gasteiger partial charge in [-0.3, -0.25) is 0 Å². The first kappa shape index (κ1) is 21.6. The van der Waals surface area contributed by atoms with Gasteiger partial charge >= 0.3 is 0 Å². The van der Waals surface area contributed by atoms with E-state index in [0.29, 0.717) is 39.7 Å². The van der Waals surface area contributed by atoms with Gasteiger partial charge in [0.15, 0.2) is 11.5 Å². The highest BCUT2D eigenvalue weighted by atomic mass is 35.5. The quantitative estimate of drug-likeness (QED) is 0.384. The summed E-state index contributed by atoms with van der Waals surface area (Å²) >= 11 is 18.7. The number of ether oxygens (including phenoxy) is 2. The predicted molar refractivity (Wildman–Crippen MR) is 122 cm³/mol. The second kappa shape index (κ2) is 10.1. The highest BCUT2D eigenvalue weighted by molar-refractivity contribution is 6.35. The van der Waals surface area contributed by atoms with E-state index in [1.165, 1.54) is 5.56 Å². The smallest absolute Gasteiger partial charge is 0.163 e. The average molecular weight is 451 g/mol. The van der Waals surface area contributed by atoms with Crippen LogP contribution in [0.1, 0.15) is 23.6 Å². The van der Waals surface area contributed by atoms with Crippen molar-refractivity contribution < 1.29 is 9.47 Å². The maximum absolute atomic E-state index is 6.51. The van der Waals surface area contributed by atoms with Crippen molar-refractivity contribution in [3.05, 3.63) is 86.4 Å². The van der Waals surface area contributed by atoms with Gasteiger partial charge in [0.1, 0.15) is 6.61 Å². The first-order valence-electron chi connectivity index (χ1n) is 9.28. The molecule has 29 heavy (non-hydrogen) atoms. The highest BCUT2D eigenvalue weighted by Crippen LogP contribution is 2.35. The summed E-state index contributed by atoms with van der Waals surface area (Å²) in [6, 6.07) is 17.2. The van der Waals surface area contributed by atoms with Crippen molar-refractivity contribution in [1.29, 1.82) is 0 Å². The summed E-state index contributed by atoms with van der Waals surface area (Å²) in [7, 11) is 0. The lowest BCUT2D eigenvalue weighted by Crippen LogP contribution is -2.04. The van der Waals surface area contributed by atoms with Gasteiger partial charge in [0.2, 0.25) is 0 Å². The second-order valence-corrected chi connectivity index (χ2v) is 7.82. The van der Waals surface area contributed by atoms with Crippen LogP contribution in [0.15, 0.2) is 54.6 Å². The predicted octanol–water partition coefficient (Wildman–Crippen LogP) is 7.55. The molecule has 0 unspecified atom stereocenters. The Kier molecular flexibility index (Phi) is 7.54. The molecule has 3 rings (SSSR count). The van der Waals surface area contributed by atoms with Gasteiger partial charge in [0, 0.05) is 38.9 Å². The molecule has 0 fully saturated rings. The molecule has 0 amide bonds. The van der Waals surface area contributed by atoms with E-state index >= 15 is 0 Å². The molecule has 0 aliphatic heterocycles. The lowest BCUT2D eigenvalue weighted by molar-refractivity contribution is 0.269. The number of rotatable bonds is 8. The van der Waals surface area contributed by atoms with Crippen LogP contribution >= 0.6 is 34.8 Å². The minimum absolute atomic E-state index is 0.285. The van der Waals surface area contributed by atoms with Crippen LogP contribution in [0.3, 0.4) is 0 Å². The van der Waals surface area contributed by atoms with Crippen molar-refractivity contribution in [1.82, 2.24) is 0 Å². The van der Waals surface area contributed by atoms with Crippen molar-refractivity contribution in [2.24, 2.45) is 0 Å². The summed E-state index contributed by atoms with van der Waals surface area (Å²) in [4.78, 5) is 0. The first-order valence-corrected chi connectivity index (χ1v) is 10.4. The van der Waals surface area contributed by atoms with Crippen LogP contribution in [-0.2, 0) is 13.2 Å². The Morgan fingerprint density at radius 1 is 0.793 bits per heavy atom. The fourth-order valence-corrected chi connectivity index (χ4v) is 3.44. The summed E-state index contributed by atoms with van der Waals surface area (Å²) < 4.78 is 11.7. The Balaban J connectivity index is 1.75. The zero-order chi connectivity index (χ0) is 20.8. The van der Waals surface area contributed by atoms with Crippen LogP contribution in [0.2, 0.25) is 15.1 Å². The Bertz CT molecular complexity index is 975. The summed E-state index contributed by atoms with van der Waals surface area (Å²) in [6.07, 6.45) is 0. The number of nitrogens with one attached hydrogen (secondary N) is 1. The molecule has 0 atom stereocenters. The SMILES string of the molecule is CCOc1cc(CNc2ccc(C)cc2)c(Cl)cc1OCc1ccc(Cl)cc1Cl. The van der Waals surface area contributed by atoms with Crippen molar-refractivity contribution in [2.45, 2.75) is 27.0 Å². The molecule has 0 saturated carbocycles. The van der Waals surface area contributed by atoms with Crippen LogP contribution in [0, 0.1) is 6.92 Å². The van der Waals surface area contributed by atoms with Gasteiger partial charge in [0.05, 0.1) is 6.61 Å². The average Bonchev–Trinajstić information content (AvgIpc) is 2.69. The largest absolute Gasteiger partial charge is 0.490 e. The van der Waals surface area contributed by atoms with E-state index in [1.807, 2.05) is 31.2 Å². The van der Waals surface area contributed by atoms with Gasteiger partial charge in [-0.1, -0.05) is 58.6 Å². The Morgan fingerprint density at radius 2 is 1.48 bits per heavy atom. The summed E-state index contributed by atoms with van der Waals surface area (Å²) in [5, 5.41) is 5.12. The maximum atomic E-state index is 6.51. The van der Waals surface area contributed by atoms with Gasteiger partial charge in [-0.05, 0) is 49.7 Å². The molecule has 0 heterocycles. The minimum atomic E-state index is 0.285. The Morgan fingerprint density at radius 3 is 2.17 bits per heavy atom. The normalized spacial score (nSPS) is 10.7. The molecule has 3 aromatic carbocycles. The number of hydrogen-bond acceptors (Lipinski definition) is 3. The molecule has 0 aliphatic rings. The molecule has 0 bridgehead atoms. The topological polar surface area (TPSA) is 30.5 Å². The van der Waals surface area contributed by atoms with Crippen LogP contribution < -0.4 is 14.8 Å². The summed E-state index contributed by atoms with van der Waals surface area (Å²) in [5.74, 6) is 1.21. The van der Waals surface area contributed by atoms with E-state index in [1.54, 1.807) is 18.2 Å². The summed E-state index contributed by atoms with van der Waals surface area (Å²) in [6.45, 7) is 5.37. The molecular formula is C23H22Cl3NO2. The van der Waals surface area contributed by atoms with Crippen molar-refractivity contribution in [3.8, 4) is 11.5 Å². The molecular weight excluding hydrogens is 429 g/mol.